The van der Waals surface area contributed by atoms with Gasteiger partial charge in [0.2, 0.25) is 5.79 Å². The maximum absolute atomic E-state index is 6.15. The molecule has 4 heteroatoms. The summed E-state index contributed by atoms with van der Waals surface area (Å²) in [7, 11) is 0. The van der Waals surface area contributed by atoms with E-state index in [4.69, 9.17) is 9.47 Å². The predicted molar refractivity (Wildman–Crippen MR) is 86.7 cm³/mol. The molecule has 4 nitrogen and oxygen atoms in total. The molecule has 0 bridgehead atoms. The number of fused-ring (bicyclic) bond motifs is 1. The Hall–Kier alpha value is -1.36. The Kier molecular flexibility index (Phi) is 3.68. The third-order valence-electron chi connectivity index (χ3n) is 5.17. The monoisotopic (exact) mass is 300 g/mol. The van der Waals surface area contributed by atoms with Crippen LogP contribution >= 0.6 is 0 Å². The first-order valence-electron chi connectivity index (χ1n) is 8.41. The van der Waals surface area contributed by atoms with E-state index < -0.39 is 5.79 Å². The van der Waals surface area contributed by atoms with Crippen molar-refractivity contribution in [1.82, 2.24) is 10.3 Å². The maximum Gasteiger partial charge on any atom is 0.226 e. The minimum atomic E-state index is -0.655. The topological polar surface area (TPSA) is 46.3 Å². The molecule has 0 unspecified atom stereocenters. The molecule has 2 aliphatic rings. The predicted octanol–water partition coefficient (Wildman–Crippen LogP) is 3.15. The highest BCUT2D eigenvalue weighted by molar-refractivity contribution is 5.80. The Bertz CT molecular complexity index is 604. The van der Waals surface area contributed by atoms with Crippen molar-refractivity contribution in [2.45, 2.75) is 38.0 Å². The van der Waals surface area contributed by atoms with E-state index in [1.165, 1.54) is 18.2 Å². The average molecular weight is 300 g/mol. The Morgan fingerprint density at radius 3 is 2.68 bits per heavy atom. The first-order valence-corrected chi connectivity index (χ1v) is 8.41. The third-order valence-corrected chi connectivity index (χ3v) is 5.17. The summed E-state index contributed by atoms with van der Waals surface area (Å²) in [6.45, 7) is 4.63. The highest BCUT2D eigenvalue weighted by atomic mass is 16.7. The summed E-state index contributed by atoms with van der Waals surface area (Å²) in [6, 6.07) is 10.7. The van der Waals surface area contributed by atoms with E-state index in [-0.39, 0.29) is 6.04 Å². The van der Waals surface area contributed by atoms with Crippen molar-refractivity contribution < 1.29 is 9.47 Å². The molecule has 0 radical (unpaired) electrons. The summed E-state index contributed by atoms with van der Waals surface area (Å²) in [5.41, 5.74) is 2.18. The molecule has 2 atom stereocenters. The van der Waals surface area contributed by atoms with E-state index in [9.17, 15) is 0 Å². The van der Waals surface area contributed by atoms with Crippen molar-refractivity contribution in [3.8, 4) is 0 Å². The van der Waals surface area contributed by atoms with Crippen LogP contribution in [0.4, 0.5) is 0 Å². The molecule has 118 valence electrons. The molecule has 0 spiro atoms. The standard InChI is InChI=1S/C18H24N2O2/c1-2-13-7-8-16(19-12-13)18(21-9-10-22-18)17-11-14-5-3-4-6-15(14)20-17/h3-6,11,13,16,19-20H,2,7-10,12H2,1H3/t13-,16-/m1/s1. The molecule has 3 heterocycles. The molecule has 22 heavy (non-hydrogen) atoms. The smallest absolute Gasteiger partial charge is 0.226 e. The Balaban J connectivity index is 1.67. The van der Waals surface area contributed by atoms with Crippen LogP contribution in [-0.4, -0.2) is 30.8 Å². The number of aromatic nitrogens is 1. The molecular formula is C18H24N2O2. The van der Waals surface area contributed by atoms with Gasteiger partial charge in [-0.15, -0.1) is 0 Å². The number of H-pyrrole nitrogens is 1. The van der Waals surface area contributed by atoms with Gasteiger partial charge in [0.05, 0.1) is 24.9 Å². The van der Waals surface area contributed by atoms with E-state index in [1.54, 1.807) is 0 Å². The van der Waals surface area contributed by atoms with Gasteiger partial charge in [-0.05, 0) is 42.8 Å². The fourth-order valence-corrected chi connectivity index (χ4v) is 3.82. The molecule has 2 aromatic rings. The molecule has 1 aromatic heterocycles. The van der Waals surface area contributed by atoms with Crippen molar-refractivity contribution in [1.29, 1.82) is 0 Å². The lowest BCUT2D eigenvalue weighted by molar-refractivity contribution is -0.196. The number of rotatable bonds is 3. The number of benzene rings is 1. The van der Waals surface area contributed by atoms with Gasteiger partial charge in [-0.2, -0.15) is 0 Å². The molecule has 0 saturated carbocycles. The van der Waals surface area contributed by atoms with Crippen LogP contribution in [-0.2, 0) is 15.3 Å². The van der Waals surface area contributed by atoms with E-state index in [2.05, 4.69) is 47.6 Å². The molecule has 1 aromatic carbocycles. The number of piperidine rings is 1. The lowest BCUT2D eigenvalue weighted by Gasteiger charge is -2.39. The lowest BCUT2D eigenvalue weighted by atomic mass is 9.88. The van der Waals surface area contributed by atoms with Gasteiger partial charge in [-0.25, -0.2) is 0 Å². The lowest BCUT2D eigenvalue weighted by Crippen LogP contribution is -2.53. The molecule has 4 rings (SSSR count). The van der Waals surface area contributed by atoms with Crippen LogP contribution in [0.3, 0.4) is 0 Å². The molecule has 0 aliphatic carbocycles. The number of hydrogen-bond donors (Lipinski definition) is 2. The largest absolute Gasteiger partial charge is 0.354 e. The molecular weight excluding hydrogens is 276 g/mol. The van der Waals surface area contributed by atoms with Gasteiger partial charge in [0, 0.05) is 5.52 Å². The number of nitrogens with one attached hydrogen (secondary N) is 2. The molecule has 2 saturated heterocycles. The number of aromatic amines is 1. The highest BCUT2D eigenvalue weighted by Gasteiger charge is 2.48. The molecule has 2 fully saturated rings. The van der Waals surface area contributed by atoms with Gasteiger partial charge in [0.15, 0.2) is 0 Å². The van der Waals surface area contributed by atoms with Gasteiger partial charge in [-0.1, -0.05) is 31.5 Å². The fraction of sp³-hybridized carbons (Fsp3) is 0.556. The van der Waals surface area contributed by atoms with Crippen LogP contribution in [0.25, 0.3) is 10.9 Å². The summed E-state index contributed by atoms with van der Waals surface area (Å²) in [4.78, 5) is 3.51. The average Bonchev–Trinajstić information content (AvgIpc) is 3.22. The van der Waals surface area contributed by atoms with Crippen LogP contribution < -0.4 is 5.32 Å². The minimum Gasteiger partial charge on any atom is -0.354 e. The van der Waals surface area contributed by atoms with E-state index in [0.29, 0.717) is 13.2 Å². The van der Waals surface area contributed by atoms with Crippen LogP contribution in [0.5, 0.6) is 0 Å². The SMILES string of the molecule is CC[C@@H]1CC[C@H](C2(c3cc4ccccc4[nH]3)OCCO2)NC1. The van der Waals surface area contributed by atoms with Gasteiger partial charge < -0.3 is 19.8 Å². The second kappa shape index (κ2) is 5.69. The van der Waals surface area contributed by atoms with Gasteiger partial charge in [0.1, 0.15) is 0 Å². The second-order valence-corrected chi connectivity index (χ2v) is 6.45. The summed E-state index contributed by atoms with van der Waals surface area (Å²) in [6.07, 6.45) is 3.57. The fourth-order valence-electron chi connectivity index (χ4n) is 3.82. The first-order chi connectivity index (χ1) is 10.8. The summed E-state index contributed by atoms with van der Waals surface area (Å²) < 4.78 is 12.3. The van der Waals surface area contributed by atoms with E-state index in [0.717, 1.165) is 30.1 Å². The van der Waals surface area contributed by atoms with E-state index in [1.807, 2.05) is 0 Å². The molecule has 2 N–H and O–H groups in total. The summed E-state index contributed by atoms with van der Waals surface area (Å²) in [5.74, 6) is 0.120. The number of ether oxygens (including phenoxy) is 2. The maximum atomic E-state index is 6.15. The third kappa shape index (κ3) is 2.26. The minimum absolute atomic E-state index is 0.214. The molecule has 0 amide bonds. The quantitative estimate of drug-likeness (QED) is 0.915. The Morgan fingerprint density at radius 2 is 2.00 bits per heavy atom. The summed E-state index contributed by atoms with van der Waals surface area (Å²) in [5, 5.41) is 4.88. The number of para-hydroxylation sites is 1. The van der Waals surface area contributed by atoms with Crippen molar-refractivity contribution in [3.05, 3.63) is 36.0 Å². The Labute approximate surface area is 131 Å². The van der Waals surface area contributed by atoms with Crippen LogP contribution in [0.15, 0.2) is 30.3 Å². The van der Waals surface area contributed by atoms with Crippen LogP contribution in [0.1, 0.15) is 31.9 Å². The van der Waals surface area contributed by atoms with Crippen molar-refractivity contribution >= 4 is 10.9 Å². The van der Waals surface area contributed by atoms with Crippen molar-refractivity contribution in [3.63, 3.8) is 0 Å². The zero-order valence-corrected chi connectivity index (χ0v) is 13.1. The van der Waals surface area contributed by atoms with Crippen molar-refractivity contribution in [2.24, 2.45) is 5.92 Å². The van der Waals surface area contributed by atoms with Crippen LogP contribution in [0, 0.1) is 5.92 Å². The highest BCUT2D eigenvalue weighted by Crippen LogP contribution is 2.39. The Morgan fingerprint density at radius 1 is 1.18 bits per heavy atom. The van der Waals surface area contributed by atoms with Crippen molar-refractivity contribution in [2.75, 3.05) is 19.8 Å². The van der Waals surface area contributed by atoms with Gasteiger partial charge >= 0.3 is 0 Å². The zero-order chi connectivity index (χ0) is 15.0. The van der Waals surface area contributed by atoms with Gasteiger partial charge in [0.25, 0.3) is 0 Å². The second-order valence-electron chi connectivity index (χ2n) is 6.45. The molecule has 2 aliphatic heterocycles. The number of hydrogen-bond acceptors (Lipinski definition) is 3. The normalized spacial score (nSPS) is 28.2. The van der Waals surface area contributed by atoms with Crippen LogP contribution in [0.2, 0.25) is 0 Å². The van der Waals surface area contributed by atoms with Gasteiger partial charge in [-0.3, -0.25) is 0 Å². The zero-order valence-electron chi connectivity index (χ0n) is 13.1. The summed E-state index contributed by atoms with van der Waals surface area (Å²) >= 11 is 0. The first kappa shape index (κ1) is 14.2. The van der Waals surface area contributed by atoms with E-state index >= 15 is 0 Å².